The topological polar surface area (TPSA) is 68.5 Å². The molecule has 0 radical (unpaired) electrons. The maximum atomic E-state index is 12.1. The van der Waals surface area contributed by atoms with E-state index in [9.17, 15) is 8.42 Å². The number of rotatable bonds is 7. The predicted octanol–water partition coefficient (Wildman–Crippen LogP) is 1.87. The molecule has 0 amide bonds. The van der Waals surface area contributed by atoms with Crippen molar-refractivity contribution in [2.24, 2.45) is 0 Å². The number of hydrogen-bond acceptors (Lipinski definition) is 5. The Balaban J connectivity index is 1.88. The van der Waals surface area contributed by atoms with E-state index in [0.29, 0.717) is 25.0 Å². The van der Waals surface area contributed by atoms with Crippen LogP contribution in [0.4, 0.5) is 0 Å². The zero-order valence-electron chi connectivity index (χ0n) is 12.1. The van der Waals surface area contributed by atoms with E-state index in [2.05, 4.69) is 19.2 Å². The van der Waals surface area contributed by atoms with Crippen LogP contribution in [0.2, 0.25) is 0 Å². The average Bonchev–Trinajstić information content (AvgIpc) is 2.97. The summed E-state index contributed by atoms with van der Waals surface area (Å²) in [6, 6.07) is 3.93. The molecule has 114 valence electrons. The Morgan fingerprint density at radius 3 is 2.75 bits per heavy atom. The molecule has 1 unspecified atom stereocenters. The minimum Gasteiger partial charge on any atom is -0.464 e. The van der Waals surface area contributed by atoms with Gasteiger partial charge in [-0.25, -0.2) is 8.42 Å². The Hall–Kier alpha value is -0.850. The lowest BCUT2D eigenvalue weighted by atomic mass is 10.3. The molecule has 2 heterocycles. The molecule has 6 heteroatoms. The number of hydrogen-bond donors (Lipinski definition) is 1. The quantitative estimate of drug-likeness (QED) is 0.832. The van der Waals surface area contributed by atoms with Gasteiger partial charge < -0.3 is 14.5 Å². The smallest absolute Gasteiger partial charge is 0.160 e. The third-order valence-electron chi connectivity index (χ3n) is 3.23. The first-order chi connectivity index (χ1) is 9.44. The van der Waals surface area contributed by atoms with Crippen molar-refractivity contribution in [3.63, 3.8) is 0 Å². The summed E-state index contributed by atoms with van der Waals surface area (Å²) in [5.74, 6) is 1.31. The first-order valence-electron chi connectivity index (χ1n) is 7.07. The van der Waals surface area contributed by atoms with Gasteiger partial charge in [-0.3, -0.25) is 0 Å². The van der Waals surface area contributed by atoms with Crippen LogP contribution in [-0.2, 0) is 26.9 Å². The van der Waals surface area contributed by atoms with Crippen molar-refractivity contribution in [1.82, 2.24) is 5.32 Å². The van der Waals surface area contributed by atoms with Gasteiger partial charge in [0.05, 0.1) is 18.4 Å². The van der Waals surface area contributed by atoms with Gasteiger partial charge in [-0.2, -0.15) is 0 Å². The Morgan fingerprint density at radius 2 is 2.10 bits per heavy atom. The monoisotopic (exact) mass is 301 g/mol. The molecule has 0 saturated carbocycles. The molecule has 1 aliphatic rings. The number of furan rings is 1. The van der Waals surface area contributed by atoms with E-state index < -0.39 is 9.84 Å². The van der Waals surface area contributed by atoms with E-state index in [1.54, 1.807) is 6.07 Å². The lowest BCUT2D eigenvalue weighted by Gasteiger charge is -2.09. The molecule has 0 spiro atoms. The molecule has 1 aliphatic heterocycles. The second-order valence-corrected chi connectivity index (χ2v) is 7.70. The number of sulfone groups is 1. The molecule has 1 atom stereocenters. The van der Waals surface area contributed by atoms with Gasteiger partial charge in [0.1, 0.15) is 17.3 Å². The number of nitrogens with one attached hydrogen (secondary N) is 1. The molecule has 1 aromatic rings. The molecular formula is C14H23NO4S. The highest BCUT2D eigenvalue weighted by Gasteiger charge is 2.24. The first kappa shape index (κ1) is 15.5. The van der Waals surface area contributed by atoms with Crippen molar-refractivity contribution in [2.45, 2.75) is 51.1 Å². The van der Waals surface area contributed by atoms with Crippen LogP contribution in [-0.4, -0.2) is 32.9 Å². The lowest BCUT2D eigenvalue weighted by Crippen LogP contribution is -2.21. The maximum Gasteiger partial charge on any atom is 0.160 e. The summed E-state index contributed by atoms with van der Waals surface area (Å²) in [7, 11) is -3.18. The van der Waals surface area contributed by atoms with Crippen LogP contribution in [0.15, 0.2) is 16.5 Å². The molecule has 5 nitrogen and oxygen atoms in total. The highest BCUT2D eigenvalue weighted by molar-refractivity contribution is 7.90. The van der Waals surface area contributed by atoms with E-state index in [-0.39, 0.29) is 17.6 Å². The van der Waals surface area contributed by atoms with Gasteiger partial charge >= 0.3 is 0 Å². The summed E-state index contributed by atoms with van der Waals surface area (Å²) in [6.45, 7) is 5.39. The van der Waals surface area contributed by atoms with Gasteiger partial charge in [0, 0.05) is 12.6 Å². The fourth-order valence-electron chi connectivity index (χ4n) is 2.23. The third-order valence-corrected chi connectivity index (χ3v) is 4.83. The molecule has 1 N–H and O–H groups in total. The first-order valence-corrected chi connectivity index (χ1v) is 8.90. The SMILES string of the molecule is CC(C)NCc1ccc(CS(=O)(=O)CC2CCCO2)o1. The van der Waals surface area contributed by atoms with Gasteiger partial charge in [-0.1, -0.05) is 13.8 Å². The fraction of sp³-hybridized carbons (Fsp3) is 0.714. The van der Waals surface area contributed by atoms with Crippen molar-refractivity contribution in [2.75, 3.05) is 12.4 Å². The van der Waals surface area contributed by atoms with Gasteiger partial charge in [-0.05, 0) is 25.0 Å². The lowest BCUT2D eigenvalue weighted by molar-refractivity contribution is 0.127. The summed E-state index contributed by atoms with van der Waals surface area (Å²) in [5, 5.41) is 3.23. The van der Waals surface area contributed by atoms with E-state index in [4.69, 9.17) is 9.15 Å². The van der Waals surface area contributed by atoms with Crippen molar-refractivity contribution >= 4 is 9.84 Å². The van der Waals surface area contributed by atoms with Crippen LogP contribution >= 0.6 is 0 Å². The molecule has 0 aromatic carbocycles. The predicted molar refractivity (Wildman–Crippen MR) is 77.1 cm³/mol. The van der Waals surface area contributed by atoms with Crippen LogP contribution in [0.25, 0.3) is 0 Å². The molecule has 2 rings (SSSR count). The Labute approximate surface area is 120 Å². The van der Waals surface area contributed by atoms with Crippen LogP contribution in [0, 0.1) is 0 Å². The van der Waals surface area contributed by atoms with Crippen LogP contribution in [0.1, 0.15) is 38.2 Å². The largest absolute Gasteiger partial charge is 0.464 e. The van der Waals surface area contributed by atoms with Crippen molar-refractivity contribution in [1.29, 1.82) is 0 Å². The van der Waals surface area contributed by atoms with Crippen LogP contribution < -0.4 is 5.32 Å². The molecular weight excluding hydrogens is 278 g/mol. The van der Waals surface area contributed by atoms with Crippen molar-refractivity contribution < 1.29 is 17.6 Å². The van der Waals surface area contributed by atoms with Gasteiger partial charge in [0.15, 0.2) is 9.84 Å². The zero-order chi connectivity index (χ0) is 14.6. The van der Waals surface area contributed by atoms with Crippen molar-refractivity contribution in [3.8, 4) is 0 Å². The van der Waals surface area contributed by atoms with E-state index in [1.807, 2.05) is 6.07 Å². The van der Waals surface area contributed by atoms with Crippen molar-refractivity contribution in [3.05, 3.63) is 23.7 Å². The molecule has 1 saturated heterocycles. The standard InChI is InChI=1S/C14H23NO4S/c1-11(2)15-8-12-5-6-14(19-12)10-20(16,17)9-13-4-3-7-18-13/h5-6,11,13,15H,3-4,7-10H2,1-2H3. The summed E-state index contributed by atoms with van der Waals surface area (Å²) in [5.41, 5.74) is 0. The zero-order valence-corrected chi connectivity index (χ0v) is 12.9. The normalized spacial score (nSPS) is 19.9. The van der Waals surface area contributed by atoms with Crippen LogP contribution in [0.3, 0.4) is 0 Å². The summed E-state index contributed by atoms with van der Waals surface area (Å²) >= 11 is 0. The van der Waals surface area contributed by atoms with E-state index in [1.165, 1.54) is 0 Å². The molecule has 0 bridgehead atoms. The molecule has 1 fully saturated rings. The molecule has 1 aromatic heterocycles. The van der Waals surface area contributed by atoms with E-state index >= 15 is 0 Å². The Bertz CT molecular complexity index is 515. The van der Waals surface area contributed by atoms with Gasteiger partial charge in [-0.15, -0.1) is 0 Å². The highest BCUT2D eigenvalue weighted by Crippen LogP contribution is 2.17. The van der Waals surface area contributed by atoms with Gasteiger partial charge in [0.25, 0.3) is 0 Å². The van der Waals surface area contributed by atoms with Crippen LogP contribution in [0.5, 0.6) is 0 Å². The average molecular weight is 301 g/mol. The summed E-state index contributed by atoms with van der Waals surface area (Å²) < 4.78 is 35.1. The Morgan fingerprint density at radius 1 is 1.35 bits per heavy atom. The molecule has 0 aliphatic carbocycles. The maximum absolute atomic E-state index is 12.1. The Kier molecular flexibility index (Phi) is 5.23. The summed E-state index contributed by atoms with van der Waals surface area (Å²) in [6.07, 6.45) is 1.64. The molecule has 20 heavy (non-hydrogen) atoms. The minimum atomic E-state index is -3.18. The fourth-order valence-corrected chi connectivity index (χ4v) is 3.77. The number of ether oxygens (including phenoxy) is 1. The van der Waals surface area contributed by atoms with E-state index in [0.717, 1.165) is 18.6 Å². The highest BCUT2D eigenvalue weighted by atomic mass is 32.2. The summed E-state index contributed by atoms with van der Waals surface area (Å²) in [4.78, 5) is 0. The van der Waals surface area contributed by atoms with Gasteiger partial charge in [0.2, 0.25) is 0 Å². The second-order valence-electron chi connectivity index (χ2n) is 5.59. The second kappa shape index (κ2) is 6.74. The minimum absolute atomic E-state index is 0.0471. The third kappa shape index (κ3) is 4.92.